The van der Waals surface area contributed by atoms with Crippen molar-refractivity contribution < 1.29 is 19.1 Å². The Labute approximate surface area is 225 Å². The molecule has 8 nitrogen and oxygen atoms in total. The largest absolute Gasteiger partial charge is 0.390 e. The lowest BCUT2D eigenvalue weighted by Gasteiger charge is -2.45. The summed E-state index contributed by atoms with van der Waals surface area (Å²) in [5.74, 6) is 0.272. The van der Waals surface area contributed by atoms with Crippen molar-refractivity contribution in [3.63, 3.8) is 0 Å². The Morgan fingerprint density at radius 2 is 1.79 bits per heavy atom. The van der Waals surface area contributed by atoms with E-state index in [0.717, 1.165) is 25.2 Å². The van der Waals surface area contributed by atoms with Gasteiger partial charge < -0.3 is 20.4 Å². The second-order valence-corrected chi connectivity index (χ2v) is 12.1. The van der Waals surface area contributed by atoms with Crippen LogP contribution in [0.4, 0.5) is 4.39 Å². The van der Waals surface area contributed by atoms with Gasteiger partial charge in [0.2, 0.25) is 5.91 Å². The number of imidazole rings is 1. The molecule has 1 aliphatic rings. The number of benzene rings is 1. The van der Waals surface area contributed by atoms with E-state index in [0.29, 0.717) is 23.4 Å². The Morgan fingerprint density at radius 1 is 1.18 bits per heavy atom. The highest BCUT2D eigenvalue weighted by atomic mass is 19.1. The average Bonchev–Trinajstić information content (AvgIpc) is 3.27. The van der Waals surface area contributed by atoms with E-state index in [1.54, 1.807) is 32.1 Å². The SMILES string of the molecule is CC(C)(C)/C(=C/C(=N)c1ccc(F)cc1)c1ncc(C=O)[nH]1.CN1CCN(C(=O)CC(C)(C)O)CC1(C)C. The fourth-order valence-electron chi connectivity index (χ4n) is 3.96. The van der Waals surface area contributed by atoms with Gasteiger partial charge in [-0.2, -0.15) is 0 Å². The number of likely N-dealkylation sites (N-methyl/N-ethyl adjacent to an activating group) is 1. The molecule has 3 rings (SSSR count). The maximum atomic E-state index is 13.0. The molecule has 0 aliphatic carbocycles. The zero-order chi connectivity index (χ0) is 28.9. The van der Waals surface area contributed by atoms with Crippen molar-refractivity contribution in [1.29, 1.82) is 5.41 Å². The predicted molar refractivity (Wildman–Crippen MR) is 149 cm³/mol. The quantitative estimate of drug-likeness (QED) is 0.377. The van der Waals surface area contributed by atoms with Gasteiger partial charge in [-0.3, -0.25) is 14.5 Å². The predicted octanol–water partition coefficient (Wildman–Crippen LogP) is 4.56. The van der Waals surface area contributed by atoms with Gasteiger partial charge in [-0.15, -0.1) is 0 Å². The van der Waals surface area contributed by atoms with E-state index in [1.165, 1.54) is 18.3 Å². The highest BCUT2D eigenvalue weighted by molar-refractivity contribution is 6.10. The standard InChI is InChI=1S/C17H18FN3O.C12H24N2O2/c1-17(2,3)14(16-20-9-13(10-22)21-16)8-15(19)11-4-6-12(18)7-5-11;1-11(2)9-14(7-6-13(11)5)10(15)8-12(3,4)16/h4-10,19H,1-3H3,(H,20,21);16H,6-9H2,1-5H3/b14-8+,19-15?;. The molecule has 0 radical (unpaired) electrons. The number of halogens is 1. The summed E-state index contributed by atoms with van der Waals surface area (Å²) < 4.78 is 13.0. The molecule has 0 bridgehead atoms. The third-order valence-corrected chi connectivity index (χ3v) is 6.48. The summed E-state index contributed by atoms with van der Waals surface area (Å²) in [7, 11) is 2.08. The summed E-state index contributed by atoms with van der Waals surface area (Å²) in [5.41, 5.74) is 0.898. The summed E-state index contributed by atoms with van der Waals surface area (Å²) in [6.45, 7) is 16.0. The Hall–Kier alpha value is -3.17. The van der Waals surface area contributed by atoms with Crippen LogP contribution in [0.5, 0.6) is 0 Å². The first-order chi connectivity index (χ1) is 17.4. The molecule has 1 aromatic heterocycles. The summed E-state index contributed by atoms with van der Waals surface area (Å²) in [4.78, 5) is 34.0. The van der Waals surface area contributed by atoms with Crippen LogP contribution in [-0.4, -0.2) is 80.6 Å². The molecule has 0 spiro atoms. The highest BCUT2D eigenvalue weighted by Crippen LogP contribution is 2.32. The third kappa shape index (κ3) is 8.99. The molecule has 3 N–H and O–H groups in total. The van der Waals surface area contributed by atoms with Crippen LogP contribution in [0.25, 0.3) is 5.57 Å². The van der Waals surface area contributed by atoms with Crippen LogP contribution in [-0.2, 0) is 4.79 Å². The van der Waals surface area contributed by atoms with Gasteiger partial charge in [-0.25, -0.2) is 9.37 Å². The van der Waals surface area contributed by atoms with Gasteiger partial charge in [0, 0.05) is 30.7 Å². The summed E-state index contributed by atoms with van der Waals surface area (Å²) in [5, 5.41) is 17.8. The maximum absolute atomic E-state index is 13.0. The minimum atomic E-state index is -0.912. The number of H-pyrrole nitrogens is 1. The molecule has 1 fully saturated rings. The number of nitrogens with zero attached hydrogens (tertiary/aromatic N) is 3. The number of aromatic nitrogens is 2. The molecule has 38 heavy (non-hydrogen) atoms. The normalized spacial score (nSPS) is 16.5. The van der Waals surface area contributed by atoms with Crippen LogP contribution in [0.3, 0.4) is 0 Å². The number of hydrogen-bond acceptors (Lipinski definition) is 6. The van der Waals surface area contributed by atoms with Gasteiger partial charge in [0.15, 0.2) is 6.29 Å². The average molecular weight is 528 g/mol. The molecule has 0 atom stereocenters. The number of aromatic amines is 1. The fraction of sp³-hybridized carbons (Fsp3) is 0.517. The van der Waals surface area contributed by atoms with Crippen LogP contribution in [0.2, 0.25) is 0 Å². The molecule has 9 heteroatoms. The summed E-state index contributed by atoms with van der Waals surface area (Å²) in [6, 6.07) is 5.78. The zero-order valence-corrected chi connectivity index (χ0v) is 23.9. The van der Waals surface area contributed by atoms with Crippen molar-refractivity contribution in [3.05, 3.63) is 59.4 Å². The van der Waals surface area contributed by atoms with Gasteiger partial charge in [0.1, 0.15) is 11.6 Å². The minimum absolute atomic E-state index is 0.0213. The molecule has 2 aromatic rings. The van der Waals surface area contributed by atoms with E-state index < -0.39 is 5.60 Å². The molecule has 2 heterocycles. The van der Waals surface area contributed by atoms with Crippen molar-refractivity contribution in [1.82, 2.24) is 19.8 Å². The van der Waals surface area contributed by atoms with E-state index in [-0.39, 0.29) is 34.8 Å². The van der Waals surface area contributed by atoms with E-state index in [2.05, 4.69) is 35.8 Å². The number of carbonyl (C=O) groups excluding carboxylic acids is 2. The first kappa shape index (κ1) is 31.1. The number of rotatable bonds is 6. The highest BCUT2D eigenvalue weighted by Gasteiger charge is 2.34. The number of allylic oxidation sites excluding steroid dienone is 2. The molecular formula is C29H42FN5O3. The summed E-state index contributed by atoms with van der Waals surface area (Å²) >= 11 is 0. The molecule has 1 aromatic carbocycles. The van der Waals surface area contributed by atoms with Crippen molar-refractivity contribution in [2.45, 2.75) is 66.0 Å². The van der Waals surface area contributed by atoms with E-state index >= 15 is 0 Å². The van der Waals surface area contributed by atoms with Crippen LogP contribution in [0.15, 0.2) is 36.5 Å². The van der Waals surface area contributed by atoms with Crippen LogP contribution < -0.4 is 0 Å². The van der Waals surface area contributed by atoms with Crippen LogP contribution in [0.1, 0.15) is 76.8 Å². The van der Waals surface area contributed by atoms with Gasteiger partial charge in [-0.1, -0.05) is 20.8 Å². The lowest BCUT2D eigenvalue weighted by atomic mass is 9.84. The number of amides is 1. The topological polar surface area (TPSA) is 113 Å². The second-order valence-electron chi connectivity index (χ2n) is 12.1. The van der Waals surface area contributed by atoms with E-state index in [9.17, 15) is 19.1 Å². The number of carbonyl (C=O) groups is 2. The van der Waals surface area contributed by atoms with Crippen molar-refractivity contribution >= 4 is 23.5 Å². The monoisotopic (exact) mass is 527 g/mol. The van der Waals surface area contributed by atoms with Gasteiger partial charge in [0.25, 0.3) is 0 Å². The van der Waals surface area contributed by atoms with Crippen molar-refractivity contribution in [2.75, 3.05) is 26.7 Å². The van der Waals surface area contributed by atoms with Crippen molar-refractivity contribution in [2.24, 2.45) is 5.41 Å². The first-order valence-corrected chi connectivity index (χ1v) is 12.7. The van der Waals surface area contributed by atoms with Gasteiger partial charge in [0.05, 0.1) is 29.6 Å². The Balaban J connectivity index is 0.000000281. The number of aldehydes is 1. The molecule has 0 saturated carbocycles. The third-order valence-electron chi connectivity index (χ3n) is 6.48. The zero-order valence-electron chi connectivity index (χ0n) is 23.9. The molecular weight excluding hydrogens is 485 g/mol. The maximum Gasteiger partial charge on any atom is 0.225 e. The van der Waals surface area contributed by atoms with Gasteiger partial charge in [-0.05, 0) is 76.1 Å². The van der Waals surface area contributed by atoms with Gasteiger partial charge >= 0.3 is 0 Å². The fourth-order valence-corrected chi connectivity index (χ4v) is 3.96. The Morgan fingerprint density at radius 3 is 2.26 bits per heavy atom. The number of hydrogen-bond donors (Lipinski definition) is 3. The molecule has 1 saturated heterocycles. The smallest absolute Gasteiger partial charge is 0.225 e. The molecule has 0 unspecified atom stereocenters. The van der Waals surface area contributed by atoms with Crippen LogP contribution >= 0.6 is 0 Å². The number of piperazine rings is 1. The lowest BCUT2D eigenvalue weighted by molar-refractivity contribution is -0.139. The lowest BCUT2D eigenvalue weighted by Crippen LogP contribution is -2.59. The first-order valence-electron chi connectivity index (χ1n) is 12.7. The van der Waals surface area contributed by atoms with E-state index in [1.807, 2.05) is 25.7 Å². The molecule has 1 amide bonds. The minimum Gasteiger partial charge on any atom is -0.390 e. The van der Waals surface area contributed by atoms with E-state index in [4.69, 9.17) is 5.41 Å². The number of aliphatic hydroxyl groups is 1. The molecule has 208 valence electrons. The van der Waals surface area contributed by atoms with Crippen LogP contribution in [0, 0.1) is 16.6 Å². The van der Waals surface area contributed by atoms with Crippen molar-refractivity contribution in [3.8, 4) is 0 Å². The Bertz CT molecular complexity index is 1150. The summed E-state index contributed by atoms with van der Waals surface area (Å²) in [6.07, 6.45) is 4.05. The molecule has 1 aliphatic heterocycles. The number of nitrogens with one attached hydrogen (secondary N) is 2. The second kappa shape index (κ2) is 12.1. The Kier molecular flexibility index (Phi) is 9.91.